The van der Waals surface area contributed by atoms with Gasteiger partial charge in [0.25, 0.3) is 0 Å². The van der Waals surface area contributed by atoms with Crippen LogP contribution in [0.25, 0.3) is 11.0 Å². The second kappa shape index (κ2) is 6.67. The molecule has 7 nitrogen and oxygen atoms in total. The number of anilines is 1. The Morgan fingerprint density at radius 1 is 1.31 bits per heavy atom. The van der Waals surface area contributed by atoms with Gasteiger partial charge in [0.05, 0.1) is 29.1 Å². The van der Waals surface area contributed by atoms with Crippen LogP contribution >= 0.6 is 0 Å². The minimum Gasteiger partial charge on any atom is -0.487 e. The maximum Gasteiger partial charge on any atom is 0.311 e. The highest BCUT2D eigenvalue weighted by Gasteiger charge is 2.28. The van der Waals surface area contributed by atoms with Crippen LogP contribution in [-0.4, -0.2) is 21.1 Å². The lowest BCUT2D eigenvalue weighted by molar-refractivity contribution is -0.385. The van der Waals surface area contributed by atoms with Crippen LogP contribution in [0.4, 0.5) is 11.4 Å². The number of hydrogen-bond acceptors (Lipinski definition) is 5. The number of nitrogens with zero attached hydrogens (tertiary/aromatic N) is 3. The molecule has 26 heavy (non-hydrogen) atoms. The molecule has 0 amide bonds. The first-order chi connectivity index (χ1) is 12.7. The number of nitro groups is 1. The van der Waals surface area contributed by atoms with E-state index in [1.165, 1.54) is 18.9 Å². The van der Waals surface area contributed by atoms with Crippen molar-refractivity contribution in [2.24, 2.45) is 0 Å². The lowest BCUT2D eigenvalue weighted by atomic mass is 10.2. The van der Waals surface area contributed by atoms with Gasteiger partial charge < -0.3 is 14.6 Å². The summed E-state index contributed by atoms with van der Waals surface area (Å²) in [5.41, 5.74) is 2.90. The smallest absolute Gasteiger partial charge is 0.311 e. The summed E-state index contributed by atoms with van der Waals surface area (Å²) in [5, 5.41) is 14.4. The standard InChI is InChI=1S/C19H20N4O3/c1-2-26-18-11-13(7-10-17(18)23(24)25)20-12-19-21-15-5-3-4-6-16(15)22(19)14-8-9-14/h3-7,10-11,14,20H,2,8-9,12H2,1H3. The van der Waals surface area contributed by atoms with E-state index in [0.717, 1.165) is 22.5 Å². The highest BCUT2D eigenvalue weighted by Crippen LogP contribution is 2.39. The predicted octanol–water partition coefficient (Wildman–Crippen LogP) is 4.29. The fourth-order valence-corrected chi connectivity index (χ4v) is 3.19. The largest absolute Gasteiger partial charge is 0.487 e. The van der Waals surface area contributed by atoms with Crippen molar-refractivity contribution < 1.29 is 9.66 Å². The SMILES string of the molecule is CCOc1cc(NCc2nc3ccccc3n2C2CC2)ccc1[N+](=O)[O-]. The Morgan fingerprint density at radius 2 is 2.12 bits per heavy atom. The quantitative estimate of drug-likeness (QED) is 0.507. The molecule has 1 fully saturated rings. The van der Waals surface area contributed by atoms with Crippen LogP contribution in [0.15, 0.2) is 42.5 Å². The van der Waals surface area contributed by atoms with Crippen LogP contribution in [0, 0.1) is 10.1 Å². The highest BCUT2D eigenvalue weighted by molar-refractivity contribution is 5.76. The summed E-state index contributed by atoms with van der Waals surface area (Å²) in [6.07, 6.45) is 2.36. The average molecular weight is 352 g/mol. The van der Waals surface area contributed by atoms with Gasteiger partial charge in [-0.25, -0.2) is 4.98 Å². The normalized spacial score (nSPS) is 13.7. The number of nitro benzene ring substituents is 1. The molecule has 0 bridgehead atoms. The fraction of sp³-hybridized carbons (Fsp3) is 0.316. The van der Waals surface area contributed by atoms with E-state index in [9.17, 15) is 10.1 Å². The summed E-state index contributed by atoms with van der Waals surface area (Å²) in [7, 11) is 0. The van der Waals surface area contributed by atoms with Gasteiger partial charge in [0.1, 0.15) is 5.82 Å². The molecule has 134 valence electrons. The molecule has 0 aliphatic heterocycles. The van der Waals surface area contributed by atoms with E-state index in [1.54, 1.807) is 12.1 Å². The average Bonchev–Trinajstić information content (AvgIpc) is 3.40. The minimum absolute atomic E-state index is 0.0254. The third-order valence-corrected chi connectivity index (χ3v) is 4.49. The van der Waals surface area contributed by atoms with Gasteiger partial charge in [0.15, 0.2) is 5.75 Å². The molecule has 1 saturated carbocycles. The van der Waals surface area contributed by atoms with Crippen LogP contribution in [0.1, 0.15) is 31.6 Å². The molecule has 3 aromatic rings. The molecule has 0 spiro atoms. The molecule has 1 aliphatic carbocycles. The summed E-state index contributed by atoms with van der Waals surface area (Å²) in [4.78, 5) is 15.4. The third-order valence-electron chi connectivity index (χ3n) is 4.49. The number of fused-ring (bicyclic) bond motifs is 1. The van der Waals surface area contributed by atoms with E-state index in [2.05, 4.69) is 16.0 Å². The van der Waals surface area contributed by atoms with Gasteiger partial charge in [0, 0.05) is 23.9 Å². The van der Waals surface area contributed by atoms with Gasteiger partial charge in [-0.2, -0.15) is 0 Å². The van der Waals surface area contributed by atoms with Crippen LogP contribution in [0.3, 0.4) is 0 Å². The second-order valence-corrected chi connectivity index (χ2v) is 6.34. The van der Waals surface area contributed by atoms with Crippen LogP contribution < -0.4 is 10.1 Å². The zero-order chi connectivity index (χ0) is 18.1. The van der Waals surface area contributed by atoms with Crippen molar-refractivity contribution in [1.82, 2.24) is 9.55 Å². The van der Waals surface area contributed by atoms with Gasteiger partial charge in [-0.05, 0) is 38.0 Å². The molecule has 1 N–H and O–H groups in total. The minimum atomic E-state index is -0.429. The molecular formula is C19H20N4O3. The molecule has 0 atom stereocenters. The van der Waals surface area contributed by atoms with Gasteiger partial charge in [-0.15, -0.1) is 0 Å². The number of nitrogens with one attached hydrogen (secondary N) is 1. The molecule has 1 aliphatic rings. The van der Waals surface area contributed by atoms with Crippen molar-refractivity contribution in [3.05, 3.63) is 58.4 Å². The van der Waals surface area contributed by atoms with Crippen molar-refractivity contribution >= 4 is 22.4 Å². The Bertz CT molecular complexity index is 963. The Balaban J connectivity index is 1.59. The zero-order valence-corrected chi connectivity index (χ0v) is 14.5. The molecule has 0 saturated heterocycles. The lowest BCUT2D eigenvalue weighted by Gasteiger charge is -2.11. The molecule has 2 aromatic carbocycles. The van der Waals surface area contributed by atoms with Gasteiger partial charge in [-0.3, -0.25) is 10.1 Å². The monoisotopic (exact) mass is 352 g/mol. The number of rotatable bonds is 7. The lowest BCUT2D eigenvalue weighted by Crippen LogP contribution is -2.08. The number of imidazole rings is 1. The first-order valence-electron chi connectivity index (χ1n) is 8.78. The van der Waals surface area contributed by atoms with Crippen LogP contribution in [-0.2, 0) is 6.54 Å². The molecule has 0 unspecified atom stereocenters. The Kier molecular flexibility index (Phi) is 4.20. The van der Waals surface area contributed by atoms with E-state index in [-0.39, 0.29) is 11.4 Å². The Hall–Kier alpha value is -3.09. The number of hydrogen-bond donors (Lipinski definition) is 1. The van der Waals surface area contributed by atoms with E-state index >= 15 is 0 Å². The van der Waals surface area contributed by atoms with E-state index in [4.69, 9.17) is 9.72 Å². The highest BCUT2D eigenvalue weighted by atomic mass is 16.6. The first kappa shape index (κ1) is 16.4. The molecule has 4 rings (SSSR count). The maximum atomic E-state index is 11.1. The Labute approximate surface area is 150 Å². The van der Waals surface area contributed by atoms with Crippen LogP contribution in [0.2, 0.25) is 0 Å². The summed E-state index contributed by atoms with van der Waals surface area (Å²) in [5.74, 6) is 1.25. The molecule has 1 aromatic heterocycles. The summed E-state index contributed by atoms with van der Waals surface area (Å²) in [6, 6.07) is 13.5. The second-order valence-electron chi connectivity index (χ2n) is 6.34. The van der Waals surface area contributed by atoms with E-state index < -0.39 is 4.92 Å². The number of para-hydroxylation sites is 2. The first-order valence-corrected chi connectivity index (χ1v) is 8.78. The molecule has 0 radical (unpaired) electrons. The van der Waals surface area contributed by atoms with Crippen LogP contribution in [0.5, 0.6) is 5.75 Å². The van der Waals surface area contributed by atoms with Gasteiger partial charge >= 0.3 is 5.69 Å². The van der Waals surface area contributed by atoms with Gasteiger partial charge in [0.2, 0.25) is 0 Å². The van der Waals surface area contributed by atoms with Gasteiger partial charge in [-0.1, -0.05) is 12.1 Å². The van der Waals surface area contributed by atoms with Crippen molar-refractivity contribution in [2.75, 3.05) is 11.9 Å². The molecule has 7 heteroatoms. The van der Waals surface area contributed by atoms with Crippen molar-refractivity contribution in [3.63, 3.8) is 0 Å². The topological polar surface area (TPSA) is 82.2 Å². The number of ether oxygens (including phenoxy) is 1. The summed E-state index contributed by atoms with van der Waals surface area (Å²) >= 11 is 0. The zero-order valence-electron chi connectivity index (χ0n) is 14.5. The number of benzene rings is 2. The fourth-order valence-electron chi connectivity index (χ4n) is 3.19. The number of aromatic nitrogens is 2. The summed E-state index contributed by atoms with van der Waals surface area (Å²) in [6.45, 7) is 2.73. The Morgan fingerprint density at radius 3 is 2.85 bits per heavy atom. The molecular weight excluding hydrogens is 332 g/mol. The van der Waals surface area contributed by atoms with E-state index in [0.29, 0.717) is 19.2 Å². The van der Waals surface area contributed by atoms with Crippen molar-refractivity contribution in [1.29, 1.82) is 0 Å². The van der Waals surface area contributed by atoms with E-state index in [1.807, 2.05) is 25.1 Å². The predicted molar refractivity (Wildman–Crippen MR) is 99.6 cm³/mol. The van der Waals surface area contributed by atoms with Crippen molar-refractivity contribution in [2.45, 2.75) is 32.4 Å². The van der Waals surface area contributed by atoms with Crippen molar-refractivity contribution in [3.8, 4) is 5.75 Å². The summed E-state index contributed by atoms with van der Waals surface area (Å²) < 4.78 is 7.71. The molecule has 1 heterocycles. The third kappa shape index (κ3) is 3.08. The maximum absolute atomic E-state index is 11.1.